The van der Waals surface area contributed by atoms with Crippen LogP contribution in [0.25, 0.3) is 0 Å². The normalized spacial score (nSPS) is 31.4. The molecule has 0 aromatic heterocycles. The lowest BCUT2D eigenvalue weighted by atomic mass is 9.83. The minimum Gasteiger partial charge on any atom is -0.508 e. The van der Waals surface area contributed by atoms with Crippen molar-refractivity contribution in [3.05, 3.63) is 53.3 Å². The Morgan fingerprint density at radius 2 is 1.68 bits per heavy atom. The molecule has 31 heavy (non-hydrogen) atoms. The number of rotatable bonds is 5. The molecule has 1 heterocycles. The summed E-state index contributed by atoms with van der Waals surface area (Å²) in [6.45, 7) is -0.608. The molecule has 0 saturated carbocycles. The van der Waals surface area contributed by atoms with Crippen LogP contribution in [0.2, 0.25) is 0 Å². The maximum atomic E-state index is 12.4. The third-order valence-corrected chi connectivity index (χ3v) is 5.34. The number of aromatic hydroxyl groups is 3. The average Bonchev–Trinajstić information content (AvgIpc) is 2.71. The maximum absolute atomic E-state index is 12.4. The molecule has 10 nitrogen and oxygen atoms in total. The minimum atomic E-state index is -1.60. The molecule has 1 fully saturated rings. The molecule has 168 valence electrons. The standard InChI is InChI=1S/C21H24O10/c22-8-16-18(28)19(29)20(30)21(31-16)11-5-9(1-3-12(11)24)2-4-13(25)17-14(26)6-10(23)7-15(17)27/h1-4,6-7,9,16,18-24,26-30H,5,8H2/t9?,16-,18-,19+,20-,21+/m1/s1. The zero-order valence-corrected chi connectivity index (χ0v) is 16.2. The summed E-state index contributed by atoms with van der Waals surface area (Å²) in [5.41, 5.74) is -0.182. The molecular formula is C21H24O10. The van der Waals surface area contributed by atoms with E-state index in [0.717, 1.165) is 18.2 Å². The molecule has 1 unspecified atom stereocenters. The van der Waals surface area contributed by atoms with Gasteiger partial charge in [0.1, 0.15) is 59.1 Å². The van der Waals surface area contributed by atoms with Crippen molar-refractivity contribution < 1.29 is 50.4 Å². The number of ether oxygens (including phenoxy) is 1. The summed E-state index contributed by atoms with van der Waals surface area (Å²) in [5, 5.41) is 78.7. The van der Waals surface area contributed by atoms with Crippen LogP contribution >= 0.6 is 0 Å². The smallest absolute Gasteiger partial charge is 0.193 e. The Hall–Kier alpha value is -2.89. The van der Waals surface area contributed by atoms with Crippen molar-refractivity contribution in [3.63, 3.8) is 0 Å². The van der Waals surface area contributed by atoms with Crippen molar-refractivity contribution in [3.8, 4) is 17.2 Å². The second kappa shape index (κ2) is 9.08. The van der Waals surface area contributed by atoms with Gasteiger partial charge in [-0.05, 0) is 24.5 Å². The monoisotopic (exact) mass is 436 g/mol. The van der Waals surface area contributed by atoms with Gasteiger partial charge in [-0.2, -0.15) is 0 Å². The van der Waals surface area contributed by atoms with Crippen LogP contribution in [0.5, 0.6) is 17.2 Å². The number of phenols is 3. The van der Waals surface area contributed by atoms with Gasteiger partial charge in [-0.25, -0.2) is 0 Å². The van der Waals surface area contributed by atoms with Gasteiger partial charge >= 0.3 is 0 Å². The van der Waals surface area contributed by atoms with Crippen LogP contribution < -0.4 is 0 Å². The lowest BCUT2D eigenvalue weighted by Gasteiger charge is -2.41. The summed E-state index contributed by atoms with van der Waals surface area (Å²) < 4.78 is 5.48. The first-order valence-electron chi connectivity index (χ1n) is 9.52. The Balaban J connectivity index is 1.77. The number of hydrogen-bond acceptors (Lipinski definition) is 10. The van der Waals surface area contributed by atoms with Crippen molar-refractivity contribution in [2.75, 3.05) is 6.61 Å². The van der Waals surface area contributed by atoms with Gasteiger partial charge in [-0.1, -0.05) is 12.2 Å². The van der Waals surface area contributed by atoms with E-state index >= 15 is 0 Å². The highest BCUT2D eigenvalue weighted by atomic mass is 16.5. The second-order valence-corrected chi connectivity index (χ2v) is 7.47. The zero-order chi connectivity index (χ0) is 22.9. The first-order chi connectivity index (χ1) is 14.6. The third kappa shape index (κ3) is 4.58. The van der Waals surface area contributed by atoms with E-state index in [2.05, 4.69) is 0 Å². The first-order valence-corrected chi connectivity index (χ1v) is 9.52. The lowest BCUT2D eigenvalue weighted by Crippen LogP contribution is -2.59. The van der Waals surface area contributed by atoms with Crippen molar-refractivity contribution in [2.24, 2.45) is 5.92 Å². The Bertz CT molecular complexity index is 909. The van der Waals surface area contributed by atoms with Crippen LogP contribution in [-0.4, -0.2) is 83.8 Å². The average molecular weight is 436 g/mol. The van der Waals surface area contributed by atoms with E-state index in [1.807, 2.05) is 0 Å². The van der Waals surface area contributed by atoms with Crippen LogP contribution in [0.3, 0.4) is 0 Å². The van der Waals surface area contributed by atoms with Gasteiger partial charge in [-0.15, -0.1) is 0 Å². The number of phenolic OH excluding ortho intramolecular Hbond substituents is 3. The Morgan fingerprint density at radius 3 is 2.29 bits per heavy atom. The third-order valence-electron chi connectivity index (χ3n) is 5.34. The second-order valence-electron chi connectivity index (χ2n) is 7.47. The molecule has 8 N–H and O–H groups in total. The molecule has 10 heteroatoms. The molecule has 1 aliphatic heterocycles. The van der Waals surface area contributed by atoms with Crippen LogP contribution in [0, 0.1) is 5.92 Å². The molecule has 6 atom stereocenters. The Labute approximate surface area is 176 Å². The molecular weight excluding hydrogens is 412 g/mol. The summed E-state index contributed by atoms with van der Waals surface area (Å²) in [4.78, 5) is 12.4. The van der Waals surface area contributed by atoms with Crippen LogP contribution in [-0.2, 0) is 4.74 Å². The largest absolute Gasteiger partial charge is 0.508 e. The van der Waals surface area contributed by atoms with Crippen LogP contribution in [0.15, 0.2) is 47.8 Å². The fraction of sp³-hybridized carbons (Fsp3) is 0.381. The fourth-order valence-corrected chi connectivity index (χ4v) is 3.68. The first kappa shape index (κ1) is 22.8. The number of allylic oxidation sites excluding steroid dienone is 4. The predicted octanol–water partition coefficient (Wildman–Crippen LogP) is -0.227. The van der Waals surface area contributed by atoms with Gasteiger partial charge < -0.3 is 45.6 Å². The summed E-state index contributed by atoms with van der Waals surface area (Å²) >= 11 is 0. The van der Waals surface area contributed by atoms with Gasteiger partial charge in [0.05, 0.1) is 6.61 Å². The van der Waals surface area contributed by atoms with Crippen molar-refractivity contribution in [1.82, 2.24) is 0 Å². The van der Waals surface area contributed by atoms with Crippen LogP contribution in [0.1, 0.15) is 16.8 Å². The number of ketones is 1. The lowest BCUT2D eigenvalue weighted by molar-refractivity contribution is -0.220. The summed E-state index contributed by atoms with van der Waals surface area (Å²) in [5.74, 6) is -2.98. The predicted molar refractivity (Wildman–Crippen MR) is 106 cm³/mol. The number of hydrogen-bond donors (Lipinski definition) is 8. The number of carbonyl (C=O) groups is 1. The molecule has 2 aliphatic rings. The van der Waals surface area contributed by atoms with Gasteiger partial charge in [0, 0.05) is 17.7 Å². The van der Waals surface area contributed by atoms with Crippen molar-refractivity contribution in [1.29, 1.82) is 0 Å². The number of carbonyl (C=O) groups excluding carboxylic acids is 1. The molecule has 1 aromatic carbocycles. The molecule has 1 saturated heterocycles. The van der Waals surface area contributed by atoms with Gasteiger partial charge in [0.2, 0.25) is 0 Å². The van der Waals surface area contributed by atoms with E-state index in [-0.39, 0.29) is 23.3 Å². The van der Waals surface area contributed by atoms with Crippen molar-refractivity contribution in [2.45, 2.75) is 36.9 Å². The van der Waals surface area contributed by atoms with Gasteiger partial charge in [0.15, 0.2) is 5.78 Å². The van der Waals surface area contributed by atoms with Crippen LogP contribution in [0.4, 0.5) is 0 Å². The summed E-state index contributed by atoms with van der Waals surface area (Å²) in [7, 11) is 0. The molecule has 0 amide bonds. The Kier molecular flexibility index (Phi) is 6.68. The number of benzene rings is 1. The minimum absolute atomic E-state index is 0.0857. The van der Waals surface area contributed by atoms with E-state index in [1.165, 1.54) is 12.2 Å². The molecule has 0 bridgehead atoms. The molecule has 1 aromatic rings. The highest BCUT2D eigenvalue weighted by molar-refractivity contribution is 6.08. The topological polar surface area (TPSA) is 188 Å². The van der Waals surface area contributed by atoms with Gasteiger partial charge in [-0.3, -0.25) is 4.79 Å². The Morgan fingerprint density at radius 1 is 1.03 bits per heavy atom. The van der Waals surface area contributed by atoms with Crippen molar-refractivity contribution >= 4 is 5.78 Å². The highest BCUT2D eigenvalue weighted by Crippen LogP contribution is 2.35. The highest BCUT2D eigenvalue weighted by Gasteiger charge is 2.45. The number of aliphatic hydroxyl groups excluding tert-OH is 5. The molecule has 0 spiro atoms. The molecule has 3 rings (SSSR count). The van der Waals surface area contributed by atoms with E-state index in [4.69, 9.17) is 4.74 Å². The number of aliphatic hydroxyl groups is 5. The summed E-state index contributed by atoms with van der Waals surface area (Å²) in [6.07, 6.45) is -1.48. The quantitative estimate of drug-likeness (QED) is 0.226. The SMILES string of the molecule is O=C(C=CC1C=CC(O)=C([C@@H]2O[C@H](CO)[C@@H](O)[C@H](O)[C@H]2O)C1)c1c(O)cc(O)cc1O. The van der Waals surface area contributed by atoms with E-state index in [9.17, 15) is 45.6 Å². The van der Waals surface area contributed by atoms with Gasteiger partial charge in [0.25, 0.3) is 0 Å². The van der Waals surface area contributed by atoms with E-state index in [1.54, 1.807) is 6.08 Å². The molecule has 0 radical (unpaired) electrons. The molecule has 1 aliphatic carbocycles. The fourth-order valence-electron chi connectivity index (χ4n) is 3.68. The van der Waals surface area contributed by atoms with E-state index in [0.29, 0.717) is 0 Å². The zero-order valence-electron chi connectivity index (χ0n) is 16.2. The van der Waals surface area contributed by atoms with E-state index < -0.39 is 66.1 Å². The summed E-state index contributed by atoms with van der Waals surface area (Å²) in [6, 6.07) is 1.83. The maximum Gasteiger partial charge on any atom is 0.193 e.